The average Bonchev–Trinajstić information content (AvgIpc) is 2.26. The standard InChI is InChI=1S/C12H15BrN2/c1-3-12(8-14)15-9(2)10-4-6-11(13)7-5-10/h4-7,9,12,15H,3H2,1-2H3/t9-,12?/m0/s1. The molecule has 1 aromatic carbocycles. The van der Waals surface area contributed by atoms with E-state index in [4.69, 9.17) is 5.26 Å². The molecule has 0 aliphatic rings. The van der Waals surface area contributed by atoms with Gasteiger partial charge in [-0.05, 0) is 31.0 Å². The van der Waals surface area contributed by atoms with E-state index in [-0.39, 0.29) is 12.1 Å². The summed E-state index contributed by atoms with van der Waals surface area (Å²) in [4.78, 5) is 0. The average molecular weight is 267 g/mol. The second kappa shape index (κ2) is 5.89. The Balaban J connectivity index is 2.65. The normalized spacial score (nSPS) is 14.3. The molecule has 0 amide bonds. The van der Waals surface area contributed by atoms with Crippen LogP contribution in [0.4, 0.5) is 0 Å². The maximum absolute atomic E-state index is 8.85. The van der Waals surface area contributed by atoms with Gasteiger partial charge >= 0.3 is 0 Å². The number of benzene rings is 1. The Morgan fingerprint density at radius 2 is 2.00 bits per heavy atom. The first kappa shape index (κ1) is 12.2. The highest BCUT2D eigenvalue weighted by molar-refractivity contribution is 9.10. The molecule has 0 spiro atoms. The van der Waals surface area contributed by atoms with Gasteiger partial charge in [-0.15, -0.1) is 0 Å². The lowest BCUT2D eigenvalue weighted by atomic mass is 10.1. The number of nitrogens with zero attached hydrogens (tertiary/aromatic N) is 1. The van der Waals surface area contributed by atoms with Crippen molar-refractivity contribution in [1.29, 1.82) is 5.26 Å². The summed E-state index contributed by atoms with van der Waals surface area (Å²) in [6, 6.07) is 10.5. The molecule has 0 saturated heterocycles. The van der Waals surface area contributed by atoms with Crippen LogP contribution in [0.15, 0.2) is 28.7 Å². The molecule has 1 N–H and O–H groups in total. The summed E-state index contributed by atoms with van der Waals surface area (Å²) in [5, 5.41) is 12.1. The minimum Gasteiger partial charge on any atom is -0.295 e. The smallest absolute Gasteiger partial charge is 0.0954 e. The number of hydrogen-bond acceptors (Lipinski definition) is 2. The van der Waals surface area contributed by atoms with Crippen LogP contribution in [-0.4, -0.2) is 6.04 Å². The number of nitriles is 1. The molecule has 0 aliphatic carbocycles. The summed E-state index contributed by atoms with van der Waals surface area (Å²) in [7, 11) is 0. The molecule has 80 valence electrons. The second-order valence-electron chi connectivity index (χ2n) is 3.53. The van der Waals surface area contributed by atoms with Gasteiger partial charge in [0.15, 0.2) is 0 Å². The molecule has 0 bridgehead atoms. The van der Waals surface area contributed by atoms with Crippen LogP contribution in [0.3, 0.4) is 0 Å². The van der Waals surface area contributed by atoms with Crippen LogP contribution in [0.5, 0.6) is 0 Å². The molecule has 1 aromatic rings. The van der Waals surface area contributed by atoms with Gasteiger partial charge in [0, 0.05) is 10.5 Å². The minimum absolute atomic E-state index is 0.0661. The highest BCUT2D eigenvalue weighted by Gasteiger charge is 2.10. The minimum atomic E-state index is -0.0661. The highest BCUT2D eigenvalue weighted by Crippen LogP contribution is 2.17. The molecule has 0 aliphatic heterocycles. The lowest BCUT2D eigenvalue weighted by molar-refractivity contribution is 0.508. The third-order valence-corrected chi connectivity index (χ3v) is 2.91. The van der Waals surface area contributed by atoms with Crippen molar-refractivity contribution < 1.29 is 0 Å². The maximum atomic E-state index is 8.85. The summed E-state index contributed by atoms with van der Waals surface area (Å²) < 4.78 is 1.07. The third kappa shape index (κ3) is 3.65. The molecule has 0 heterocycles. The maximum Gasteiger partial charge on any atom is 0.0954 e. The predicted molar refractivity (Wildman–Crippen MR) is 65.4 cm³/mol. The Morgan fingerprint density at radius 3 is 2.47 bits per heavy atom. The second-order valence-corrected chi connectivity index (χ2v) is 4.45. The van der Waals surface area contributed by atoms with E-state index in [0.29, 0.717) is 0 Å². The fourth-order valence-electron chi connectivity index (χ4n) is 1.40. The molecule has 1 rings (SSSR count). The summed E-state index contributed by atoms with van der Waals surface area (Å²) >= 11 is 3.40. The van der Waals surface area contributed by atoms with Crippen molar-refractivity contribution in [3.63, 3.8) is 0 Å². The zero-order valence-corrected chi connectivity index (χ0v) is 10.6. The van der Waals surface area contributed by atoms with Gasteiger partial charge in [0.1, 0.15) is 0 Å². The Morgan fingerprint density at radius 1 is 1.40 bits per heavy atom. The van der Waals surface area contributed by atoms with E-state index in [9.17, 15) is 0 Å². The van der Waals surface area contributed by atoms with E-state index in [0.717, 1.165) is 10.9 Å². The van der Waals surface area contributed by atoms with Gasteiger partial charge in [-0.3, -0.25) is 5.32 Å². The topological polar surface area (TPSA) is 35.8 Å². The predicted octanol–water partition coefficient (Wildman–Crippen LogP) is 3.40. The molecule has 3 heteroatoms. The molecule has 2 nitrogen and oxygen atoms in total. The third-order valence-electron chi connectivity index (χ3n) is 2.39. The summed E-state index contributed by atoms with van der Waals surface area (Å²) in [5.74, 6) is 0. The molecule has 2 atom stereocenters. The fraction of sp³-hybridized carbons (Fsp3) is 0.417. The van der Waals surface area contributed by atoms with Gasteiger partial charge in [-0.25, -0.2) is 0 Å². The van der Waals surface area contributed by atoms with Gasteiger partial charge in [0.25, 0.3) is 0 Å². The van der Waals surface area contributed by atoms with Crippen LogP contribution in [0.1, 0.15) is 31.9 Å². The number of nitrogens with one attached hydrogen (secondary N) is 1. The first-order valence-corrected chi connectivity index (χ1v) is 5.87. The van der Waals surface area contributed by atoms with E-state index < -0.39 is 0 Å². The van der Waals surface area contributed by atoms with Crippen molar-refractivity contribution in [2.24, 2.45) is 0 Å². The molecule has 1 unspecified atom stereocenters. The van der Waals surface area contributed by atoms with Gasteiger partial charge in [0.2, 0.25) is 0 Å². The molecule has 0 radical (unpaired) electrons. The van der Waals surface area contributed by atoms with Crippen LogP contribution in [0.2, 0.25) is 0 Å². The van der Waals surface area contributed by atoms with Crippen LogP contribution in [0.25, 0.3) is 0 Å². The van der Waals surface area contributed by atoms with Crippen molar-refractivity contribution in [2.75, 3.05) is 0 Å². The van der Waals surface area contributed by atoms with Gasteiger partial charge in [-0.1, -0.05) is 35.0 Å². The summed E-state index contributed by atoms with van der Waals surface area (Å²) in [5.41, 5.74) is 1.20. The molecule has 15 heavy (non-hydrogen) atoms. The van der Waals surface area contributed by atoms with Crippen molar-refractivity contribution >= 4 is 15.9 Å². The Bertz CT molecular complexity index is 340. The lowest BCUT2D eigenvalue weighted by Gasteiger charge is -2.17. The number of halogens is 1. The van der Waals surface area contributed by atoms with E-state index in [1.807, 2.05) is 19.1 Å². The van der Waals surface area contributed by atoms with Gasteiger partial charge in [-0.2, -0.15) is 5.26 Å². The lowest BCUT2D eigenvalue weighted by Crippen LogP contribution is -2.29. The molecule has 0 fully saturated rings. The molecule has 0 aromatic heterocycles. The highest BCUT2D eigenvalue weighted by atomic mass is 79.9. The van der Waals surface area contributed by atoms with Crippen LogP contribution in [-0.2, 0) is 0 Å². The molecule has 0 saturated carbocycles. The number of rotatable bonds is 4. The van der Waals surface area contributed by atoms with Crippen molar-refractivity contribution in [2.45, 2.75) is 32.4 Å². The number of hydrogen-bond donors (Lipinski definition) is 1. The van der Waals surface area contributed by atoms with Crippen LogP contribution in [0, 0.1) is 11.3 Å². The zero-order chi connectivity index (χ0) is 11.3. The van der Waals surface area contributed by atoms with E-state index >= 15 is 0 Å². The van der Waals surface area contributed by atoms with Crippen LogP contribution < -0.4 is 5.32 Å². The summed E-state index contributed by atoms with van der Waals surface area (Å²) in [6.45, 7) is 4.08. The van der Waals surface area contributed by atoms with E-state index in [1.54, 1.807) is 0 Å². The molecular formula is C12H15BrN2. The zero-order valence-electron chi connectivity index (χ0n) is 9.00. The first-order chi connectivity index (χ1) is 7.17. The molecular weight excluding hydrogens is 252 g/mol. The van der Waals surface area contributed by atoms with Gasteiger partial charge < -0.3 is 0 Å². The van der Waals surface area contributed by atoms with Crippen molar-refractivity contribution in [3.05, 3.63) is 34.3 Å². The Kier molecular flexibility index (Phi) is 4.80. The van der Waals surface area contributed by atoms with Crippen molar-refractivity contribution in [1.82, 2.24) is 5.32 Å². The Labute approximate surface area is 99.4 Å². The first-order valence-electron chi connectivity index (χ1n) is 5.08. The summed E-state index contributed by atoms with van der Waals surface area (Å²) in [6.07, 6.45) is 0.831. The van der Waals surface area contributed by atoms with E-state index in [2.05, 4.69) is 46.4 Å². The Hall–Kier alpha value is -0.850. The monoisotopic (exact) mass is 266 g/mol. The van der Waals surface area contributed by atoms with Crippen molar-refractivity contribution in [3.8, 4) is 6.07 Å². The fourth-order valence-corrected chi connectivity index (χ4v) is 1.66. The van der Waals surface area contributed by atoms with E-state index in [1.165, 1.54) is 5.56 Å². The van der Waals surface area contributed by atoms with Crippen LogP contribution >= 0.6 is 15.9 Å². The van der Waals surface area contributed by atoms with Gasteiger partial charge in [0.05, 0.1) is 12.1 Å². The largest absolute Gasteiger partial charge is 0.295 e. The SMILES string of the molecule is CCC(C#N)N[C@@H](C)c1ccc(Br)cc1. The quantitative estimate of drug-likeness (QED) is 0.907.